The van der Waals surface area contributed by atoms with Gasteiger partial charge in [-0.25, -0.2) is 21.6 Å². The van der Waals surface area contributed by atoms with Crippen LogP contribution in [0.2, 0.25) is 5.02 Å². The predicted octanol–water partition coefficient (Wildman–Crippen LogP) is 4.37. The molecule has 39 heavy (non-hydrogen) atoms. The molecular weight excluding hydrogens is 572 g/mol. The molecule has 1 aromatic heterocycles. The van der Waals surface area contributed by atoms with Crippen molar-refractivity contribution in [3.8, 4) is 0 Å². The number of halogens is 1. The van der Waals surface area contributed by atoms with Gasteiger partial charge < -0.3 is 9.73 Å². The molecule has 0 aliphatic heterocycles. The lowest BCUT2D eigenvalue weighted by molar-refractivity contribution is -0.385. The number of hydrogen-bond donors (Lipinski definition) is 3. The van der Waals surface area contributed by atoms with Crippen molar-refractivity contribution in [2.24, 2.45) is 0 Å². The fourth-order valence-corrected chi connectivity index (χ4v) is 5.94. The highest BCUT2D eigenvalue weighted by Crippen LogP contribution is 2.28. The molecule has 1 amide bonds. The van der Waals surface area contributed by atoms with Crippen LogP contribution in [0.1, 0.15) is 16.1 Å². The smallest absolute Gasteiger partial charge is 0.270 e. The van der Waals surface area contributed by atoms with E-state index < -0.39 is 41.5 Å². The number of anilines is 2. The lowest BCUT2D eigenvalue weighted by atomic mass is 10.2. The number of carbonyl (C=O) groups excluding carboxylic acids is 1. The van der Waals surface area contributed by atoms with Crippen LogP contribution >= 0.6 is 11.6 Å². The second-order valence-electron chi connectivity index (χ2n) is 7.94. The maximum Gasteiger partial charge on any atom is 0.270 e. The Morgan fingerprint density at radius 1 is 0.897 bits per heavy atom. The molecule has 0 saturated heterocycles. The molecule has 12 nitrogen and oxygen atoms in total. The standard InChI is InChI=1S/C24H19ClN4O8S2/c25-22-11-10-19(29(31)32)14-23(22)39(35,36)28-17-8-6-16(7-9-17)24(30)27-18-3-1-5-21(13-18)38(33,34)26-15-20-4-2-12-37-20/h1-14,26,28H,15H2,(H,27,30). The molecule has 0 unspecified atom stereocenters. The van der Waals surface area contributed by atoms with E-state index in [1.165, 1.54) is 54.8 Å². The van der Waals surface area contributed by atoms with Crippen LogP contribution in [0.3, 0.4) is 0 Å². The number of nitro groups is 1. The lowest BCUT2D eigenvalue weighted by Crippen LogP contribution is -2.23. The Morgan fingerprint density at radius 3 is 2.31 bits per heavy atom. The van der Waals surface area contributed by atoms with Crippen LogP contribution in [0.4, 0.5) is 17.1 Å². The van der Waals surface area contributed by atoms with E-state index in [0.29, 0.717) is 5.76 Å². The first kappa shape index (κ1) is 27.8. The van der Waals surface area contributed by atoms with Gasteiger partial charge in [0.1, 0.15) is 10.7 Å². The second kappa shape index (κ2) is 11.2. The maximum absolute atomic E-state index is 12.7. The number of hydrogen-bond acceptors (Lipinski definition) is 8. The molecule has 0 aliphatic carbocycles. The van der Waals surface area contributed by atoms with E-state index >= 15 is 0 Å². The molecule has 0 atom stereocenters. The highest BCUT2D eigenvalue weighted by molar-refractivity contribution is 7.92. The van der Waals surface area contributed by atoms with Gasteiger partial charge >= 0.3 is 0 Å². The van der Waals surface area contributed by atoms with Gasteiger partial charge in [-0.3, -0.25) is 19.6 Å². The molecule has 0 fully saturated rings. The summed E-state index contributed by atoms with van der Waals surface area (Å²) in [5.74, 6) is -0.147. The summed E-state index contributed by atoms with van der Waals surface area (Å²) in [5.41, 5.74) is -0.0108. The first-order valence-corrected chi connectivity index (χ1v) is 14.3. The molecule has 3 aromatic carbocycles. The zero-order valence-corrected chi connectivity index (χ0v) is 22.1. The minimum absolute atomic E-state index is 0.0462. The summed E-state index contributed by atoms with van der Waals surface area (Å²) in [6.07, 6.45) is 1.42. The van der Waals surface area contributed by atoms with Crippen molar-refractivity contribution in [1.82, 2.24) is 4.72 Å². The number of amides is 1. The molecule has 202 valence electrons. The van der Waals surface area contributed by atoms with Crippen molar-refractivity contribution in [3.63, 3.8) is 0 Å². The van der Waals surface area contributed by atoms with Crippen LogP contribution in [0, 0.1) is 10.1 Å². The average Bonchev–Trinajstić information content (AvgIpc) is 3.42. The normalized spacial score (nSPS) is 11.6. The predicted molar refractivity (Wildman–Crippen MR) is 142 cm³/mol. The fraction of sp³-hybridized carbons (Fsp3) is 0.0417. The number of nitrogens with zero attached hydrogens (tertiary/aromatic N) is 1. The minimum Gasteiger partial charge on any atom is -0.468 e. The lowest BCUT2D eigenvalue weighted by Gasteiger charge is -2.11. The third kappa shape index (κ3) is 6.80. The monoisotopic (exact) mass is 590 g/mol. The first-order valence-electron chi connectivity index (χ1n) is 10.9. The van der Waals surface area contributed by atoms with Crippen LogP contribution in [-0.2, 0) is 26.6 Å². The molecule has 0 aliphatic rings. The minimum atomic E-state index is -4.28. The van der Waals surface area contributed by atoms with Gasteiger partial charge in [0.05, 0.1) is 27.6 Å². The van der Waals surface area contributed by atoms with E-state index in [1.54, 1.807) is 12.1 Å². The third-order valence-corrected chi connectivity index (χ3v) is 8.49. The topological polar surface area (TPSA) is 178 Å². The number of rotatable bonds is 10. The van der Waals surface area contributed by atoms with E-state index in [1.807, 2.05) is 0 Å². The van der Waals surface area contributed by atoms with E-state index in [-0.39, 0.29) is 33.4 Å². The summed E-state index contributed by atoms with van der Waals surface area (Å²) in [6, 6.07) is 17.2. The summed E-state index contributed by atoms with van der Waals surface area (Å²) >= 11 is 5.94. The number of carbonyl (C=O) groups is 1. The Labute approximate surface area is 227 Å². The Kier molecular flexibility index (Phi) is 8.01. The number of nitro benzene ring substituents is 1. The number of furan rings is 1. The summed E-state index contributed by atoms with van der Waals surface area (Å²) < 4.78 is 60.4. The Balaban J connectivity index is 1.44. The molecule has 0 saturated carbocycles. The molecule has 0 radical (unpaired) electrons. The van der Waals surface area contributed by atoms with Crippen LogP contribution in [0.15, 0.2) is 99.3 Å². The molecule has 4 rings (SSSR count). The van der Waals surface area contributed by atoms with Crippen LogP contribution < -0.4 is 14.8 Å². The summed E-state index contributed by atoms with van der Waals surface area (Å²) in [7, 11) is -8.16. The van der Waals surface area contributed by atoms with Crippen molar-refractivity contribution in [2.45, 2.75) is 16.3 Å². The van der Waals surface area contributed by atoms with Crippen LogP contribution in [0.25, 0.3) is 0 Å². The van der Waals surface area contributed by atoms with Gasteiger partial charge in [0, 0.05) is 29.1 Å². The second-order valence-corrected chi connectivity index (χ2v) is 11.8. The number of nitrogens with one attached hydrogen (secondary N) is 3. The molecule has 15 heteroatoms. The van der Waals surface area contributed by atoms with Crippen molar-refractivity contribution in [3.05, 3.63) is 112 Å². The van der Waals surface area contributed by atoms with E-state index in [9.17, 15) is 31.7 Å². The van der Waals surface area contributed by atoms with Gasteiger partial charge in [0.2, 0.25) is 10.0 Å². The van der Waals surface area contributed by atoms with Gasteiger partial charge in [0.15, 0.2) is 0 Å². The van der Waals surface area contributed by atoms with Crippen molar-refractivity contribution < 1.29 is 31.0 Å². The number of benzene rings is 3. The Bertz CT molecular complexity index is 1740. The summed E-state index contributed by atoms with van der Waals surface area (Å²) in [6.45, 7) is -0.0462. The van der Waals surface area contributed by atoms with Crippen molar-refractivity contribution >= 4 is 54.6 Å². The van der Waals surface area contributed by atoms with E-state index in [4.69, 9.17) is 16.0 Å². The van der Waals surface area contributed by atoms with Crippen molar-refractivity contribution in [2.75, 3.05) is 10.0 Å². The first-order chi connectivity index (χ1) is 18.4. The average molecular weight is 591 g/mol. The molecule has 0 bridgehead atoms. The highest BCUT2D eigenvalue weighted by atomic mass is 35.5. The number of sulfonamides is 2. The van der Waals surface area contributed by atoms with Gasteiger partial charge in [-0.05, 0) is 60.7 Å². The largest absolute Gasteiger partial charge is 0.468 e. The fourth-order valence-electron chi connectivity index (χ4n) is 3.32. The van der Waals surface area contributed by atoms with E-state index in [0.717, 1.165) is 18.2 Å². The Hall–Kier alpha value is -4.24. The highest BCUT2D eigenvalue weighted by Gasteiger charge is 2.22. The van der Waals surface area contributed by atoms with Gasteiger partial charge in [-0.1, -0.05) is 17.7 Å². The molecule has 0 spiro atoms. The quantitative estimate of drug-likeness (QED) is 0.180. The molecular formula is C24H19ClN4O8S2. The number of non-ortho nitro benzene ring substituents is 1. The van der Waals surface area contributed by atoms with Crippen LogP contribution in [0.5, 0.6) is 0 Å². The van der Waals surface area contributed by atoms with Crippen molar-refractivity contribution in [1.29, 1.82) is 0 Å². The van der Waals surface area contributed by atoms with E-state index in [2.05, 4.69) is 14.8 Å². The summed E-state index contributed by atoms with van der Waals surface area (Å²) in [5, 5.41) is 13.4. The zero-order chi connectivity index (χ0) is 28.2. The molecule has 1 heterocycles. The third-order valence-electron chi connectivity index (χ3n) is 5.23. The van der Waals surface area contributed by atoms with Crippen LogP contribution in [-0.4, -0.2) is 27.7 Å². The SMILES string of the molecule is O=C(Nc1cccc(S(=O)(=O)NCc2ccco2)c1)c1ccc(NS(=O)(=O)c2cc([N+](=O)[O-])ccc2Cl)cc1. The van der Waals surface area contributed by atoms with Gasteiger partial charge in [-0.15, -0.1) is 0 Å². The maximum atomic E-state index is 12.7. The Morgan fingerprint density at radius 2 is 1.64 bits per heavy atom. The van der Waals surface area contributed by atoms with Gasteiger partial charge in [0.25, 0.3) is 21.6 Å². The molecule has 3 N–H and O–H groups in total. The zero-order valence-electron chi connectivity index (χ0n) is 19.7. The summed E-state index contributed by atoms with van der Waals surface area (Å²) in [4.78, 5) is 22.4. The molecule has 4 aromatic rings. The van der Waals surface area contributed by atoms with Gasteiger partial charge in [-0.2, -0.15) is 0 Å².